The van der Waals surface area contributed by atoms with Crippen LogP contribution in [-0.2, 0) is 12.6 Å². The second-order valence-electron chi connectivity index (χ2n) is 7.72. The van der Waals surface area contributed by atoms with E-state index in [0.717, 1.165) is 12.1 Å². The van der Waals surface area contributed by atoms with Gasteiger partial charge in [-0.25, -0.2) is 5.43 Å². The first-order valence-corrected chi connectivity index (χ1v) is 10.8. The topological polar surface area (TPSA) is 83.7 Å². The number of hydrazone groups is 1. The molecule has 1 aliphatic carbocycles. The normalized spacial score (nSPS) is 14.6. The van der Waals surface area contributed by atoms with Crippen molar-refractivity contribution < 1.29 is 27.2 Å². The fraction of sp³-hybridized carbons (Fsp3) is 0.208. The molecule has 2 amide bonds. The van der Waals surface area contributed by atoms with Gasteiger partial charge in [-0.15, -0.1) is 0 Å². The van der Waals surface area contributed by atoms with Gasteiger partial charge in [-0.1, -0.05) is 29.8 Å². The molecule has 0 saturated heterocycles. The van der Waals surface area contributed by atoms with Crippen LogP contribution in [0.15, 0.2) is 58.0 Å². The first-order chi connectivity index (χ1) is 16.1. The maximum atomic E-state index is 13.0. The summed E-state index contributed by atoms with van der Waals surface area (Å²) in [4.78, 5) is 25.2. The van der Waals surface area contributed by atoms with E-state index in [9.17, 15) is 22.8 Å². The first kappa shape index (κ1) is 23.6. The van der Waals surface area contributed by atoms with Gasteiger partial charge in [0.1, 0.15) is 5.76 Å². The molecule has 0 atom stereocenters. The van der Waals surface area contributed by atoms with Crippen LogP contribution >= 0.6 is 11.6 Å². The van der Waals surface area contributed by atoms with Gasteiger partial charge in [-0.05, 0) is 50.1 Å². The van der Waals surface area contributed by atoms with E-state index in [0.29, 0.717) is 41.9 Å². The first-order valence-electron chi connectivity index (χ1n) is 10.4. The van der Waals surface area contributed by atoms with E-state index < -0.39 is 23.6 Å². The Hall–Kier alpha value is -3.59. The highest BCUT2D eigenvalue weighted by molar-refractivity contribution is 6.33. The Kier molecular flexibility index (Phi) is 6.47. The quantitative estimate of drug-likeness (QED) is 0.442. The zero-order chi connectivity index (χ0) is 24.5. The smallest absolute Gasteiger partial charge is 0.416 e. The van der Waals surface area contributed by atoms with Crippen molar-refractivity contribution in [2.24, 2.45) is 5.10 Å². The van der Waals surface area contributed by atoms with E-state index in [1.54, 1.807) is 31.2 Å². The summed E-state index contributed by atoms with van der Waals surface area (Å²) >= 11 is 6.06. The van der Waals surface area contributed by atoms with Gasteiger partial charge in [0.2, 0.25) is 0 Å². The number of benzene rings is 2. The van der Waals surface area contributed by atoms with Crippen LogP contribution in [0.5, 0.6) is 0 Å². The molecule has 176 valence electrons. The van der Waals surface area contributed by atoms with Crippen LogP contribution < -0.4 is 10.7 Å². The molecular formula is C24H19ClF3N3O3. The van der Waals surface area contributed by atoms with Crippen LogP contribution in [0.4, 0.5) is 18.9 Å². The Labute approximate surface area is 197 Å². The number of alkyl halides is 3. The molecule has 0 spiro atoms. The Morgan fingerprint density at radius 3 is 2.56 bits per heavy atom. The molecule has 0 unspecified atom stereocenters. The number of hydrogen-bond donors (Lipinski definition) is 2. The molecule has 3 aromatic rings. The molecule has 1 aromatic heterocycles. The molecule has 0 aliphatic heterocycles. The van der Waals surface area contributed by atoms with E-state index in [2.05, 4.69) is 15.8 Å². The third-order valence-corrected chi connectivity index (χ3v) is 5.72. The molecular weight excluding hydrogens is 471 g/mol. The molecule has 0 saturated carbocycles. The average Bonchev–Trinajstić information content (AvgIpc) is 3.14. The summed E-state index contributed by atoms with van der Waals surface area (Å²) in [5, 5.41) is 6.99. The number of amides is 2. The minimum absolute atomic E-state index is 0.00510. The zero-order valence-corrected chi connectivity index (χ0v) is 18.7. The van der Waals surface area contributed by atoms with Gasteiger partial charge in [-0.2, -0.15) is 18.3 Å². The van der Waals surface area contributed by atoms with Crippen molar-refractivity contribution in [3.8, 4) is 0 Å². The third-order valence-electron chi connectivity index (χ3n) is 5.39. The standard InChI is InChI=1S/C24H19ClF3N3O3/c1-13-20-18(30-31-22(32)16-8-2-3-9-17(16)25)10-5-11-19(20)34-21(13)23(33)29-15-7-4-6-14(12-15)24(26,27)28/h2-4,6-9,12H,5,10-11H2,1H3,(H,29,33)(H,31,32)/b30-18+. The molecule has 0 fully saturated rings. The molecule has 1 aliphatic rings. The molecule has 4 rings (SSSR count). The third kappa shape index (κ3) is 4.84. The number of carbonyl (C=O) groups is 2. The fourth-order valence-corrected chi connectivity index (χ4v) is 4.00. The number of carbonyl (C=O) groups excluding carboxylic acids is 2. The van der Waals surface area contributed by atoms with Crippen molar-refractivity contribution in [3.05, 3.63) is 87.3 Å². The molecule has 34 heavy (non-hydrogen) atoms. The lowest BCUT2D eigenvalue weighted by Crippen LogP contribution is -2.22. The Bertz CT molecular complexity index is 1300. The fourth-order valence-electron chi connectivity index (χ4n) is 3.78. The van der Waals surface area contributed by atoms with E-state index >= 15 is 0 Å². The van der Waals surface area contributed by atoms with Gasteiger partial charge in [0, 0.05) is 23.2 Å². The Balaban J connectivity index is 1.57. The van der Waals surface area contributed by atoms with Crippen LogP contribution in [0.25, 0.3) is 0 Å². The molecule has 1 heterocycles. The predicted octanol–water partition coefficient (Wildman–Crippen LogP) is 5.98. The summed E-state index contributed by atoms with van der Waals surface area (Å²) in [5.74, 6) is -0.641. The molecule has 0 radical (unpaired) electrons. The van der Waals surface area contributed by atoms with Gasteiger partial charge in [0.05, 0.1) is 21.9 Å². The Morgan fingerprint density at radius 2 is 1.82 bits per heavy atom. The summed E-state index contributed by atoms with van der Waals surface area (Å²) in [6.45, 7) is 1.67. The number of nitrogens with zero attached hydrogens (tertiary/aromatic N) is 1. The maximum Gasteiger partial charge on any atom is 0.416 e. The highest BCUT2D eigenvalue weighted by atomic mass is 35.5. The number of halogens is 4. The predicted molar refractivity (Wildman–Crippen MR) is 121 cm³/mol. The largest absolute Gasteiger partial charge is 0.455 e. The number of fused-ring (bicyclic) bond motifs is 1. The van der Waals surface area contributed by atoms with Gasteiger partial charge in [0.15, 0.2) is 5.76 Å². The zero-order valence-electron chi connectivity index (χ0n) is 17.9. The highest BCUT2D eigenvalue weighted by Gasteiger charge is 2.31. The van der Waals surface area contributed by atoms with Crippen molar-refractivity contribution in [1.29, 1.82) is 0 Å². The maximum absolute atomic E-state index is 13.0. The minimum atomic E-state index is -4.53. The lowest BCUT2D eigenvalue weighted by atomic mass is 9.93. The number of hydrogen-bond acceptors (Lipinski definition) is 4. The number of aryl methyl sites for hydroxylation is 1. The summed E-state index contributed by atoms with van der Waals surface area (Å²) in [6.07, 6.45) is -2.73. The van der Waals surface area contributed by atoms with Gasteiger partial charge in [0.25, 0.3) is 11.8 Å². The minimum Gasteiger partial charge on any atom is -0.455 e. The number of furan rings is 1. The molecule has 2 N–H and O–H groups in total. The van der Waals surface area contributed by atoms with Crippen molar-refractivity contribution >= 4 is 34.8 Å². The average molecular weight is 490 g/mol. The van der Waals surface area contributed by atoms with E-state index in [4.69, 9.17) is 16.0 Å². The van der Waals surface area contributed by atoms with E-state index in [1.807, 2.05) is 0 Å². The van der Waals surface area contributed by atoms with Gasteiger partial charge < -0.3 is 9.73 Å². The van der Waals surface area contributed by atoms with Crippen molar-refractivity contribution in [2.45, 2.75) is 32.4 Å². The lowest BCUT2D eigenvalue weighted by Gasteiger charge is -2.13. The number of nitrogens with one attached hydrogen (secondary N) is 2. The summed E-state index contributed by atoms with van der Waals surface area (Å²) < 4.78 is 44.7. The van der Waals surface area contributed by atoms with Crippen molar-refractivity contribution in [3.63, 3.8) is 0 Å². The second-order valence-corrected chi connectivity index (χ2v) is 8.13. The van der Waals surface area contributed by atoms with Gasteiger partial charge in [-0.3, -0.25) is 9.59 Å². The van der Waals surface area contributed by atoms with Crippen molar-refractivity contribution in [1.82, 2.24) is 5.43 Å². The van der Waals surface area contributed by atoms with Crippen molar-refractivity contribution in [2.75, 3.05) is 5.32 Å². The summed E-state index contributed by atoms with van der Waals surface area (Å²) in [5.41, 5.74) is 3.53. The molecule has 2 aromatic carbocycles. The van der Waals surface area contributed by atoms with Gasteiger partial charge >= 0.3 is 6.18 Å². The number of anilines is 1. The summed E-state index contributed by atoms with van der Waals surface area (Å²) in [6, 6.07) is 10.9. The highest BCUT2D eigenvalue weighted by Crippen LogP contribution is 2.32. The SMILES string of the molecule is Cc1c(C(=O)Nc2cccc(C(F)(F)F)c2)oc2c1/C(=N/NC(=O)c1ccccc1Cl)CCC2. The monoisotopic (exact) mass is 489 g/mol. The van der Waals surface area contributed by atoms with Crippen LogP contribution in [-0.4, -0.2) is 17.5 Å². The molecule has 0 bridgehead atoms. The van der Waals surface area contributed by atoms with Crippen LogP contribution in [0.1, 0.15) is 56.2 Å². The molecule has 6 nitrogen and oxygen atoms in total. The van der Waals surface area contributed by atoms with Crippen LogP contribution in [0.2, 0.25) is 5.02 Å². The Morgan fingerprint density at radius 1 is 1.06 bits per heavy atom. The van der Waals surface area contributed by atoms with E-state index in [1.165, 1.54) is 12.1 Å². The van der Waals surface area contributed by atoms with E-state index in [-0.39, 0.29) is 22.0 Å². The van der Waals surface area contributed by atoms with Crippen LogP contribution in [0, 0.1) is 6.92 Å². The number of rotatable bonds is 4. The second kappa shape index (κ2) is 9.34. The molecule has 10 heteroatoms. The summed E-state index contributed by atoms with van der Waals surface area (Å²) in [7, 11) is 0. The lowest BCUT2D eigenvalue weighted by molar-refractivity contribution is -0.137. The van der Waals surface area contributed by atoms with Crippen LogP contribution in [0.3, 0.4) is 0 Å².